The average Bonchev–Trinajstić information content (AvgIpc) is 1.65. The molecule has 1 heterocycles. The van der Waals surface area contributed by atoms with E-state index >= 15 is 0 Å². The fraction of sp³-hybridized carbons (Fsp3) is 1.00. The average molecular weight is 194 g/mol. The lowest BCUT2D eigenvalue weighted by Crippen LogP contribution is -2.42. The van der Waals surface area contributed by atoms with Crippen LogP contribution in [-0.4, -0.2) is 12.1 Å². The molecule has 1 saturated heterocycles. The van der Waals surface area contributed by atoms with Gasteiger partial charge in [-0.3, -0.25) is 0 Å². The molecule has 0 aromatic rings. The zero-order valence-electron chi connectivity index (χ0n) is 6.24. The third kappa shape index (κ3) is 3.21. The normalized spacial score (nSPS) is 24.7. The Morgan fingerprint density at radius 2 is 1.89 bits per heavy atom. The second-order valence-corrected chi connectivity index (χ2v) is 3.27. The largest absolute Gasteiger partial charge is 0.312 e. The lowest BCUT2D eigenvalue weighted by atomic mass is 9.93. The molecule has 1 rings (SSSR count). The van der Waals surface area contributed by atoms with E-state index in [-0.39, 0.29) is 17.0 Å². The van der Waals surface area contributed by atoms with Gasteiger partial charge in [-0.2, -0.15) is 0 Å². The molecule has 1 aliphatic heterocycles. The molecule has 1 fully saturated rings. The molecule has 0 bridgehead atoms. The lowest BCUT2D eigenvalue weighted by Gasteiger charge is -2.30. The number of rotatable bonds is 0. The molecule has 1 aliphatic rings. The summed E-state index contributed by atoms with van der Waals surface area (Å²) in [5.41, 5.74) is 0.429. The van der Waals surface area contributed by atoms with Crippen molar-refractivity contribution >= 4 is 17.0 Å². The number of hydrogen-bond donors (Lipinski definition) is 1. The first-order chi connectivity index (χ1) is 3.71. The molecular weight excluding hydrogens is 178 g/mol. The molecule has 0 aromatic carbocycles. The van der Waals surface area contributed by atoms with E-state index in [1.807, 2.05) is 0 Å². The molecule has 0 saturated carbocycles. The molecule has 0 unspecified atom stereocenters. The summed E-state index contributed by atoms with van der Waals surface area (Å²) in [6, 6.07) is 0. The summed E-state index contributed by atoms with van der Waals surface area (Å²) < 4.78 is 0. The van der Waals surface area contributed by atoms with Crippen molar-refractivity contribution in [2.75, 3.05) is 6.54 Å². The highest BCUT2D eigenvalue weighted by Gasteiger charge is 2.18. The van der Waals surface area contributed by atoms with Crippen LogP contribution in [0.3, 0.4) is 0 Å². The topological polar surface area (TPSA) is 12.0 Å². The quantitative estimate of drug-likeness (QED) is 0.622. The van der Waals surface area contributed by atoms with E-state index in [2.05, 4.69) is 19.2 Å². The summed E-state index contributed by atoms with van der Waals surface area (Å²) in [5.74, 6) is 0. The van der Waals surface area contributed by atoms with E-state index in [0.29, 0.717) is 5.54 Å². The summed E-state index contributed by atoms with van der Waals surface area (Å²) in [4.78, 5) is 0. The van der Waals surface area contributed by atoms with E-state index in [1.165, 1.54) is 25.8 Å². The Morgan fingerprint density at radius 1 is 1.22 bits per heavy atom. The van der Waals surface area contributed by atoms with Crippen molar-refractivity contribution < 1.29 is 0 Å². The van der Waals surface area contributed by atoms with Crippen LogP contribution >= 0.6 is 17.0 Å². The molecular formula is C7H16BrN. The third-order valence-corrected chi connectivity index (χ3v) is 1.83. The molecule has 1 N–H and O–H groups in total. The van der Waals surface area contributed by atoms with Crippen molar-refractivity contribution in [3.05, 3.63) is 0 Å². The molecule has 9 heavy (non-hydrogen) atoms. The Bertz CT molecular complexity index is 73.0. The van der Waals surface area contributed by atoms with Crippen LogP contribution in [0, 0.1) is 0 Å². The molecule has 0 atom stereocenters. The number of piperidine rings is 1. The van der Waals surface area contributed by atoms with Gasteiger partial charge in [0.05, 0.1) is 0 Å². The summed E-state index contributed by atoms with van der Waals surface area (Å²) in [6.07, 6.45) is 4.11. The van der Waals surface area contributed by atoms with Gasteiger partial charge in [-0.1, -0.05) is 6.42 Å². The van der Waals surface area contributed by atoms with Crippen LogP contribution in [0.25, 0.3) is 0 Å². The van der Waals surface area contributed by atoms with Crippen LogP contribution in [0.1, 0.15) is 33.1 Å². The van der Waals surface area contributed by atoms with Crippen LogP contribution in [0.5, 0.6) is 0 Å². The van der Waals surface area contributed by atoms with E-state index in [0.717, 1.165) is 0 Å². The van der Waals surface area contributed by atoms with Crippen molar-refractivity contribution in [2.24, 2.45) is 0 Å². The lowest BCUT2D eigenvalue weighted by molar-refractivity contribution is 0.304. The minimum atomic E-state index is 0. The van der Waals surface area contributed by atoms with E-state index in [4.69, 9.17) is 0 Å². The van der Waals surface area contributed by atoms with Gasteiger partial charge >= 0.3 is 0 Å². The SMILES string of the molecule is Br.CC1(C)CCCCN1. The maximum absolute atomic E-state index is 3.46. The highest BCUT2D eigenvalue weighted by Crippen LogP contribution is 2.16. The van der Waals surface area contributed by atoms with Crippen LogP contribution in [0.15, 0.2) is 0 Å². The monoisotopic (exact) mass is 193 g/mol. The van der Waals surface area contributed by atoms with Crippen molar-refractivity contribution in [1.29, 1.82) is 0 Å². The highest BCUT2D eigenvalue weighted by molar-refractivity contribution is 8.93. The van der Waals surface area contributed by atoms with Gasteiger partial charge < -0.3 is 5.32 Å². The first-order valence-corrected chi connectivity index (χ1v) is 3.46. The van der Waals surface area contributed by atoms with Gasteiger partial charge in [0.2, 0.25) is 0 Å². The van der Waals surface area contributed by atoms with Crippen molar-refractivity contribution in [3.8, 4) is 0 Å². The zero-order valence-corrected chi connectivity index (χ0v) is 7.95. The summed E-state index contributed by atoms with van der Waals surface area (Å²) in [6.45, 7) is 5.76. The standard InChI is InChI=1S/C7H15N.BrH/c1-7(2)5-3-4-6-8-7;/h8H,3-6H2,1-2H3;1H. The second-order valence-electron chi connectivity index (χ2n) is 3.27. The summed E-state index contributed by atoms with van der Waals surface area (Å²) in [5, 5.41) is 3.46. The van der Waals surface area contributed by atoms with Gasteiger partial charge in [-0.25, -0.2) is 0 Å². The number of hydrogen-bond acceptors (Lipinski definition) is 1. The Balaban J connectivity index is 0.000000640. The van der Waals surface area contributed by atoms with Gasteiger partial charge in [-0.15, -0.1) is 17.0 Å². The Labute approximate surface area is 68.0 Å². The molecule has 0 amide bonds. The molecule has 2 heteroatoms. The summed E-state index contributed by atoms with van der Waals surface area (Å²) >= 11 is 0. The van der Waals surface area contributed by atoms with Gasteiger partial charge in [0.15, 0.2) is 0 Å². The summed E-state index contributed by atoms with van der Waals surface area (Å²) in [7, 11) is 0. The Kier molecular flexibility index (Phi) is 3.74. The van der Waals surface area contributed by atoms with Crippen LogP contribution in [0.4, 0.5) is 0 Å². The maximum Gasteiger partial charge on any atom is 0.0125 e. The van der Waals surface area contributed by atoms with E-state index < -0.39 is 0 Å². The van der Waals surface area contributed by atoms with Gasteiger partial charge in [0.25, 0.3) is 0 Å². The fourth-order valence-corrected chi connectivity index (χ4v) is 1.21. The van der Waals surface area contributed by atoms with Crippen molar-refractivity contribution in [3.63, 3.8) is 0 Å². The Hall–Kier alpha value is 0.440. The maximum atomic E-state index is 3.46. The van der Waals surface area contributed by atoms with Crippen LogP contribution in [-0.2, 0) is 0 Å². The molecule has 56 valence electrons. The van der Waals surface area contributed by atoms with Gasteiger partial charge in [-0.05, 0) is 33.2 Å². The zero-order chi connectivity index (χ0) is 6.04. The second kappa shape index (κ2) is 3.57. The minimum absolute atomic E-state index is 0. The van der Waals surface area contributed by atoms with Crippen LogP contribution < -0.4 is 5.32 Å². The van der Waals surface area contributed by atoms with Gasteiger partial charge in [0, 0.05) is 5.54 Å². The number of nitrogens with one attached hydrogen (secondary N) is 1. The predicted octanol–water partition coefficient (Wildman–Crippen LogP) is 2.12. The third-order valence-electron chi connectivity index (χ3n) is 1.83. The van der Waals surface area contributed by atoms with Crippen LogP contribution in [0.2, 0.25) is 0 Å². The van der Waals surface area contributed by atoms with Crippen molar-refractivity contribution in [2.45, 2.75) is 38.6 Å². The first kappa shape index (κ1) is 9.44. The minimum Gasteiger partial charge on any atom is -0.312 e. The predicted molar refractivity (Wildman–Crippen MR) is 46.3 cm³/mol. The van der Waals surface area contributed by atoms with E-state index in [1.54, 1.807) is 0 Å². The molecule has 1 nitrogen and oxygen atoms in total. The Morgan fingerprint density at radius 3 is 2.11 bits per heavy atom. The molecule has 0 aliphatic carbocycles. The highest BCUT2D eigenvalue weighted by atomic mass is 79.9. The first-order valence-electron chi connectivity index (χ1n) is 3.46. The number of halogens is 1. The molecule has 0 spiro atoms. The smallest absolute Gasteiger partial charge is 0.0125 e. The van der Waals surface area contributed by atoms with Crippen molar-refractivity contribution in [1.82, 2.24) is 5.32 Å². The molecule has 0 radical (unpaired) electrons. The van der Waals surface area contributed by atoms with E-state index in [9.17, 15) is 0 Å². The molecule has 0 aromatic heterocycles. The van der Waals surface area contributed by atoms with Gasteiger partial charge in [0.1, 0.15) is 0 Å². The fourth-order valence-electron chi connectivity index (χ4n) is 1.21.